The van der Waals surface area contributed by atoms with Crippen LogP contribution in [0.15, 0.2) is 64.9 Å². The first-order valence-corrected chi connectivity index (χ1v) is 12.4. The maximum Gasteiger partial charge on any atom is 0.321 e. The Balaban J connectivity index is 1.21. The van der Waals surface area contributed by atoms with E-state index in [9.17, 15) is 14.7 Å². The molecule has 7 nitrogen and oxygen atoms in total. The van der Waals surface area contributed by atoms with Gasteiger partial charge in [0.25, 0.3) is 0 Å². The quantitative estimate of drug-likeness (QED) is 0.520. The van der Waals surface area contributed by atoms with Gasteiger partial charge in [-0.25, -0.2) is 4.79 Å². The summed E-state index contributed by atoms with van der Waals surface area (Å²) in [6.45, 7) is 3.98. The van der Waals surface area contributed by atoms with Crippen molar-refractivity contribution in [2.24, 2.45) is 4.99 Å². The molecule has 2 aromatic carbocycles. The van der Waals surface area contributed by atoms with Crippen LogP contribution >= 0.6 is 23.2 Å². The number of rotatable bonds is 6. The van der Waals surface area contributed by atoms with Crippen molar-refractivity contribution in [1.82, 2.24) is 9.80 Å². The highest BCUT2D eigenvalue weighted by molar-refractivity contribution is 6.30. The largest absolute Gasteiger partial charge is 0.511 e. The SMILES string of the molecule is O=C1CC(c2ccc(Cl)cc2)CC(O)=C1C=NCCN1CCN(C(=O)Nc2ccc(Cl)cc2)CC1. The predicted molar refractivity (Wildman–Crippen MR) is 140 cm³/mol. The average Bonchev–Trinajstić information content (AvgIpc) is 2.85. The zero-order chi connectivity index (χ0) is 24.8. The van der Waals surface area contributed by atoms with Crippen LogP contribution in [0.2, 0.25) is 10.0 Å². The van der Waals surface area contributed by atoms with Crippen molar-refractivity contribution in [2.75, 3.05) is 44.6 Å². The van der Waals surface area contributed by atoms with E-state index in [2.05, 4.69) is 15.2 Å². The van der Waals surface area contributed by atoms with E-state index >= 15 is 0 Å². The van der Waals surface area contributed by atoms with Gasteiger partial charge >= 0.3 is 6.03 Å². The lowest BCUT2D eigenvalue weighted by molar-refractivity contribution is -0.116. The van der Waals surface area contributed by atoms with E-state index in [1.165, 1.54) is 6.21 Å². The van der Waals surface area contributed by atoms with E-state index in [0.717, 1.165) is 25.2 Å². The molecule has 0 radical (unpaired) electrons. The number of nitrogens with zero attached hydrogens (tertiary/aromatic N) is 3. The number of urea groups is 1. The number of amides is 2. The number of benzene rings is 2. The molecule has 2 aromatic rings. The normalized spacial score (nSPS) is 19.4. The fraction of sp³-hybridized carbons (Fsp3) is 0.346. The number of halogens is 2. The average molecular weight is 515 g/mol. The van der Waals surface area contributed by atoms with E-state index in [4.69, 9.17) is 23.2 Å². The minimum atomic E-state index is -0.125. The number of ketones is 1. The summed E-state index contributed by atoms with van der Waals surface area (Å²) in [6.07, 6.45) is 2.26. The fourth-order valence-electron chi connectivity index (χ4n) is 4.29. The van der Waals surface area contributed by atoms with Crippen molar-refractivity contribution in [2.45, 2.75) is 18.8 Å². The van der Waals surface area contributed by atoms with Gasteiger partial charge in [0, 0.05) is 67.5 Å². The minimum absolute atomic E-state index is 0.0508. The molecule has 1 heterocycles. The molecule has 9 heteroatoms. The monoisotopic (exact) mass is 514 g/mol. The molecule has 1 fully saturated rings. The zero-order valence-corrected chi connectivity index (χ0v) is 20.8. The first kappa shape index (κ1) is 25.2. The summed E-state index contributed by atoms with van der Waals surface area (Å²) in [5.41, 5.74) is 2.01. The first-order chi connectivity index (χ1) is 16.9. The van der Waals surface area contributed by atoms with Gasteiger partial charge in [0.2, 0.25) is 0 Å². The van der Waals surface area contributed by atoms with Gasteiger partial charge in [-0.3, -0.25) is 14.7 Å². The number of nitrogens with one attached hydrogen (secondary N) is 1. The number of anilines is 1. The van der Waals surface area contributed by atoms with Crippen LogP contribution < -0.4 is 5.32 Å². The molecule has 2 N–H and O–H groups in total. The number of aliphatic imine (C=N–C) groups is 1. The molecular weight excluding hydrogens is 487 g/mol. The molecule has 1 aliphatic heterocycles. The molecule has 0 aromatic heterocycles. The third kappa shape index (κ3) is 6.84. The molecule has 2 amide bonds. The van der Waals surface area contributed by atoms with Crippen LogP contribution in [0.1, 0.15) is 24.3 Å². The van der Waals surface area contributed by atoms with E-state index < -0.39 is 0 Å². The zero-order valence-electron chi connectivity index (χ0n) is 19.3. The molecule has 184 valence electrons. The van der Waals surface area contributed by atoms with Crippen LogP contribution in [0.5, 0.6) is 0 Å². The number of hydrogen-bond acceptors (Lipinski definition) is 5. The van der Waals surface area contributed by atoms with Crippen molar-refractivity contribution >= 4 is 46.9 Å². The molecule has 35 heavy (non-hydrogen) atoms. The van der Waals surface area contributed by atoms with Crippen LogP contribution in [0, 0.1) is 0 Å². The summed E-state index contributed by atoms with van der Waals surface area (Å²) in [5.74, 6) is -0.0619. The lowest BCUT2D eigenvalue weighted by atomic mass is 9.83. The highest BCUT2D eigenvalue weighted by atomic mass is 35.5. The molecule has 1 unspecified atom stereocenters. The lowest BCUT2D eigenvalue weighted by Crippen LogP contribution is -2.50. The van der Waals surface area contributed by atoms with Crippen LogP contribution in [-0.4, -0.2) is 72.2 Å². The molecule has 1 atom stereocenters. The van der Waals surface area contributed by atoms with Gasteiger partial charge in [0.1, 0.15) is 5.76 Å². The molecule has 0 bridgehead atoms. The maximum atomic E-state index is 12.6. The molecule has 1 saturated heterocycles. The molecule has 1 aliphatic carbocycles. The Morgan fingerprint density at radius 3 is 2.26 bits per heavy atom. The second-order valence-corrected chi connectivity index (χ2v) is 9.61. The van der Waals surface area contributed by atoms with E-state index in [-0.39, 0.29) is 23.5 Å². The van der Waals surface area contributed by atoms with Crippen molar-refractivity contribution in [1.29, 1.82) is 0 Å². The smallest absolute Gasteiger partial charge is 0.321 e. The number of aliphatic hydroxyl groups is 1. The Bertz CT molecular complexity index is 1110. The number of Topliss-reactive ketones (excluding diaryl/α,β-unsaturated/α-hetero) is 1. The molecule has 0 saturated carbocycles. The van der Waals surface area contributed by atoms with Crippen LogP contribution in [-0.2, 0) is 4.79 Å². The summed E-state index contributed by atoms with van der Waals surface area (Å²) in [4.78, 5) is 33.5. The molecule has 4 rings (SSSR count). The van der Waals surface area contributed by atoms with Gasteiger partial charge in [-0.2, -0.15) is 0 Å². The number of hydrogen-bond donors (Lipinski definition) is 2. The first-order valence-electron chi connectivity index (χ1n) is 11.6. The van der Waals surface area contributed by atoms with Crippen molar-refractivity contribution in [3.05, 3.63) is 75.5 Å². The van der Waals surface area contributed by atoms with Gasteiger partial charge in [-0.05, 0) is 47.9 Å². The maximum absolute atomic E-state index is 12.6. The number of allylic oxidation sites excluding steroid dienone is 2. The van der Waals surface area contributed by atoms with Crippen LogP contribution in [0.3, 0.4) is 0 Å². The third-order valence-electron chi connectivity index (χ3n) is 6.34. The van der Waals surface area contributed by atoms with Crippen LogP contribution in [0.25, 0.3) is 0 Å². The molecule has 0 spiro atoms. The van der Waals surface area contributed by atoms with E-state index in [0.29, 0.717) is 53.8 Å². The summed E-state index contributed by atoms with van der Waals surface area (Å²) < 4.78 is 0. The topological polar surface area (TPSA) is 85.2 Å². The summed E-state index contributed by atoms with van der Waals surface area (Å²) in [5, 5.41) is 14.6. The number of piperazine rings is 1. The van der Waals surface area contributed by atoms with Crippen molar-refractivity contribution in [3.63, 3.8) is 0 Å². The number of carbonyl (C=O) groups excluding carboxylic acids is 2. The lowest BCUT2D eigenvalue weighted by Gasteiger charge is -2.34. The fourth-order valence-corrected chi connectivity index (χ4v) is 4.54. The highest BCUT2D eigenvalue weighted by Gasteiger charge is 2.28. The van der Waals surface area contributed by atoms with Gasteiger partial charge in [0.15, 0.2) is 5.78 Å². The molecular formula is C26H28Cl2N4O3. The number of carbonyl (C=O) groups is 2. The Kier molecular flexibility index (Phi) is 8.44. The summed E-state index contributed by atoms with van der Waals surface area (Å²) >= 11 is 11.8. The van der Waals surface area contributed by atoms with Crippen molar-refractivity contribution in [3.8, 4) is 0 Å². The predicted octanol–water partition coefficient (Wildman–Crippen LogP) is 5.17. The highest BCUT2D eigenvalue weighted by Crippen LogP contribution is 2.33. The van der Waals surface area contributed by atoms with Crippen molar-refractivity contribution < 1.29 is 14.7 Å². The Labute approximate surface area is 215 Å². The van der Waals surface area contributed by atoms with Gasteiger partial charge in [0.05, 0.1) is 12.1 Å². The van der Waals surface area contributed by atoms with Crippen LogP contribution in [0.4, 0.5) is 10.5 Å². The Hall–Kier alpha value is -2.87. The Morgan fingerprint density at radius 1 is 1.00 bits per heavy atom. The third-order valence-corrected chi connectivity index (χ3v) is 6.85. The standard InChI is InChI=1S/C26H28Cl2N4O3/c27-20-3-1-18(2-4-20)19-15-24(33)23(25(34)16-19)17-29-9-10-31-11-13-32(14-12-31)26(35)30-22-7-5-21(28)6-8-22/h1-8,17,19,33H,9-16H2,(H,30,35). The van der Waals surface area contributed by atoms with Gasteiger partial charge in [-0.1, -0.05) is 35.3 Å². The number of aliphatic hydroxyl groups excluding tert-OH is 1. The minimum Gasteiger partial charge on any atom is -0.511 e. The van der Waals surface area contributed by atoms with Gasteiger partial charge < -0.3 is 15.3 Å². The summed E-state index contributed by atoms with van der Waals surface area (Å²) in [7, 11) is 0. The Morgan fingerprint density at radius 2 is 1.63 bits per heavy atom. The molecule has 2 aliphatic rings. The summed E-state index contributed by atoms with van der Waals surface area (Å²) in [6, 6.07) is 14.3. The second kappa shape index (κ2) is 11.7. The van der Waals surface area contributed by atoms with E-state index in [1.807, 2.05) is 12.1 Å². The van der Waals surface area contributed by atoms with Gasteiger partial charge in [-0.15, -0.1) is 0 Å². The second-order valence-electron chi connectivity index (χ2n) is 8.74. The van der Waals surface area contributed by atoms with E-state index in [1.54, 1.807) is 41.3 Å².